The van der Waals surface area contributed by atoms with Crippen LogP contribution in [-0.4, -0.2) is 49.7 Å². The maximum atomic E-state index is 11.9. The molecule has 0 aromatic carbocycles. The third-order valence-corrected chi connectivity index (χ3v) is 4.60. The monoisotopic (exact) mass is 268 g/mol. The van der Waals surface area contributed by atoms with E-state index in [0.717, 1.165) is 12.5 Å². The largest absolute Gasteiger partial charge is 0.468 e. The van der Waals surface area contributed by atoms with Crippen LogP contribution in [0.15, 0.2) is 0 Å². The Kier molecular flexibility index (Phi) is 5.22. The van der Waals surface area contributed by atoms with Crippen molar-refractivity contribution in [3.8, 4) is 0 Å². The number of methoxy groups -OCH3 is 1. The first-order valence-electron chi connectivity index (χ1n) is 7.66. The molecule has 4 heteroatoms. The summed E-state index contributed by atoms with van der Waals surface area (Å²) in [4.78, 5) is 14.2. The molecule has 0 amide bonds. The minimum atomic E-state index is -0.170. The molecule has 0 saturated heterocycles. The van der Waals surface area contributed by atoms with E-state index in [-0.39, 0.29) is 12.0 Å². The summed E-state index contributed by atoms with van der Waals surface area (Å²) in [5.74, 6) is 0.611. The number of carbonyl (C=O) groups excluding carboxylic acids is 1. The zero-order chi connectivity index (χ0) is 13.8. The zero-order valence-electron chi connectivity index (χ0n) is 12.5. The molecular weight excluding hydrogens is 240 g/mol. The topological polar surface area (TPSA) is 41.6 Å². The second-order valence-corrected chi connectivity index (χ2v) is 6.29. The molecule has 1 N–H and O–H groups in total. The van der Waals surface area contributed by atoms with E-state index in [2.05, 4.69) is 24.2 Å². The van der Waals surface area contributed by atoms with Crippen LogP contribution < -0.4 is 5.32 Å². The number of nitrogens with one attached hydrogen (secondary N) is 1. The average Bonchev–Trinajstić information content (AvgIpc) is 3.21. The van der Waals surface area contributed by atoms with Crippen LogP contribution in [0.5, 0.6) is 0 Å². The van der Waals surface area contributed by atoms with Crippen molar-refractivity contribution in [1.82, 2.24) is 10.2 Å². The average molecular weight is 268 g/mol. The van der Waals surface area contributed by atoms with Gasteiger partial charge >= 0.3 is 5.97 Å². The van der Waals surface area contributed by atoms with Crippen LogP contribution in [0.3, 0.4) is 0 Å². The summed E-state index contributed by atoms with van der Waals surface area (Å²) in [6, 6.07) is 0.972. The van der Waals surface area contributed by atoms with E-state index in [1.165, 1.54) is 45.6 Å². The Bertz CT molecular complexity index is 305. The molecule has 0 heterocycles. The fraction of sp³-hybridized carbons (Fsp3) is 0.933. The number of carbonyl (C=O) groups is 1. The molecule has 2 aliphatic carbocycles. The number of ether oxygens (including phenoxy) is 1. The van der Waals surface area contributed by atoms with Crippen LogP contribution in [0.4, 0.5) is 0 Å². The second-order valence-electron chi connectivity index (χ2n) is 6.29. The van der Waals surface area contributed by atoms with Gasteiger partial charge in [0, 0.05) is 18.6 Å². The standard InChI is InChI=1S/C15H28N2O2/c1-11-6-4-5-7-14(11)17(2)10-13(15(18)19-3)16-12-8-9-12/h11-14,16H,4-10H2,1-3H3. The van der Waals surface area contributed by atoms with Crippen LogP contribution in [0.1, 0.15) is 45.4 Å². The first-order valence-corrected chi connectivity index (χ1v) is 7.66. The van der Waals surface area contributed by atoms with Crippen molar-refractivity contribution < 1.29 is 9.53 Å². The lowest BCUT2D eigenvalue weighted by atomic mass is 9.85. The van der Waals surface area contributed by atoms with E-state index in [9.17, 15) is 4.79 Å². The third-order valence-electron chi connectivity index (χ3n) is 4.60. The van der Waals surface area contributed by atoms with Crippen molar-refractivity contribution in [1.29, 1.82) is 0 Å². The summed E-state index contributed by atoms with van der Waals surface area (Å²) in [5, 5.41) is 3.41. The van der Waals surface area contributed by atoms with E-state index in [1.807, 2.05) is 0 Å². The van der Waals surface area contributed by atoms with Gasteiger partial charge in [0.15, 0.2) is 0 Å². The second kappa shape index (κ2) is 6.71. The number of hydrogen-bond donors (Lipinski definition) is 1. The van der Waals surface area contributed by atoms with Crippen molar-refractivity contribution in [2.24, 2.45) is 5.92 Å². The molecule has 2 rings (SSSR count). The molecule has 2 fully saturated rings. The van der Waals surface area contributed by atoms with E-state index < -0.39 is 0 Å². The molecule has 2 aliphatic rings. The first-order chi connectivity index (χ1) is 9.11. The van der Waals surface area contributed by atoms with Gasteiger partial charge in [-0.2, -0.15) is 0 Å². The minimum absolute atomic E-state index is 0.123. The van der Waals surface area contributed by atoms with E-state index in [1.54, 1.807) is 0 Å². The summed E-state index contributed by atoms with van der Waals surface area (Å²) < 4.78 is 4.93. The Morgan fingerprint density at radius 1 is 1.32 bits per heavy atom. The molecule has 3 unspecified atom stereocenters. The predicted molar refractivity (Wildman–Crippen MR) is 76.0 cm³/mol. The molecule has 0 aliphatic heterocycles. The molecule has 19 heavy (non-hydrogen) atoms. The lowest BCUT2D eigenvalue weighted by molar-refractivity contribution is -0.143. The Hall–Kier alpha value is -0.610. The summed E-state index contributed by atoms with van der Waals surface area (Å²) in [6.45, 7) is 3.10. The number of hydrogen-bond acceptors (Lipinski definition) is 4. The SMILES string of the molecule is COC(=O)C(CN(C)C1CCCCC1C)NC1CC1. The van der Waals surface area contributed by atoms with Crippen molar-refractivity contribution >= 4 is 5.97 Å². The zero-order valence-corrected chi connectivity index (χ0v) is 12.5. The van der Waals surface area contributed by atoms with Crippen LogP contribution in [-0.2, 0) is 9.53 Å². The van der Waals surface area contributed by atoms with Gasteiger partial charge in [-0.15, -0.1) is 0 Å². The maximum Gasteiger partial charge on any atom is 0.324 e. The van der Waals surface area contributed by atoms with E-state index in [4.69, 9.17) is 4.74 Å². The summed E-state index contributed by atoms with van der Waals surface area (Å²) in [7, 11) is 3.63. The molecular formula is C15H28N2O2. The van der Waals surface area contributed by atoms with Gasteiger partial charge in [-0.3, -0.25) is 4.79 Å². The highest BCUT2D eigenvalue weighted by Crippen LogP contribution is 2.27. The van der Waals surface area contributed by atoms with Crippen LogP contribution in [0, 0.1) is 5.92 Å². The van der Waals surface area contributed by atoms with Gasteiger partial charge in [-0.1, -0.05) is 19.8 Å². The smallest absolute Gasteiger partial charge is 0.324 e. The van der Waals surface area contributed by atoms with Crippen molar-refractivity contribution in [2.45, 2.75) is 63.6 Å². The van der Waals surface area contributed by atoms with Gasteiger partial charge < -0.3 is 15.0 Å². The molecule has 2 saturated carbocycles. The van der Waals surface area contributed by atoms with Crippen LogP contribution in [0.2, 0.25) is 0 Å². The van der Waals surface area contributed by atoms with Crippen molar-refractivity contribution in [3.63, 3.8) is 0 Å². The minimum Gasteiger partial charge on any atom is -0.468 e. The predicted octanol–water partition coefficient (Wildman–Crippen LogP) is 1.79. The lowest BCUT2D eigenvalue weighted by Crippen LogP contribution is -2.50. The van der Waals surface area contributed by atoms with Gasteiger partial charge in [0.05, 0.1) is 7.11 Å². The Balaban J connectivity index is 1.88. The number of rotatable bonds is 6. The van der Waals surface area contributed by atoms with Crippen molar-refractivity contribution in [3.05, 3.63) is 0 Å². The van der Waals surface area contributed by atoms with Gasteiger partial charge in [0.25, 0.3) is 0 Å². The molecule has 110 valence electrons. The highest BCUT2D eigenvalue weighted by Gasteiger charge is 2.32. The van der Waals surface area contributed by atoms with E-state index in [0.29, 0.717) is 12.1 Å². The molecule has 3 atom stereocenters. The summed E-state index contributed by atoms with van der Waals surface area (Å²) >= 11 is 0. The quantitative estimate of drug-likeness (QED) is 0.746. The number of nitrogens with zero attached hydrogens (tertiary/aromatic N) is 1. The highest BCUT2D eigenvalue weighted by atomic mass is 16.5. The third kappa shape index (κ3) is 4.18. The number of esters is 1. The molecule has 0 radical (unpaired) electrons. The fourth-order valence-corrected chi connectivity index (χ4v) is 3.25. The molecule has 0 aromatic heterocycles. The molecule has 0 aromatic rings. The fourth-order valence-electron chi connectivity index (χ4n) is 3.25. The Morgan fingerprint density at radius 3 is 2.58 bits per heavy atom. The first kappa shape index (κ1) is 14.8. The van der Waals surface area contributed by atoms with Gasteiger partial charge in [-0.25, -0.2) is 0 Å². The molecule has 0 bridgehead atoms. The highest BCUT2D eigenvalue weighted by molar-refractivity contribution is 5.76. The van der Waals surface area contributed by atoms with Gasteiger partial charge in [0.2, 0.25) is 0 Å². The van der Waals surface area contributed by atoms with Gasteiger partial charge in [0.1, 0.15) is 6.04 Å². The normalized spacial score (nSPS) is 29.3. The maximum absolute atomic E-state index is 11.9. The summed E-state index contributed by atoms with van der Waals surface area (Å²) in [6.07, 6.45) is 7.63. The molecule has 4 nitrogen and oxygen atoms in total. The lowest BCUT2D eigenvalue weighted by Gasteiger charge is -2.37. The van der Waals surface area contributed by atoms with E-state index >= 15 is 0 Å². The molecule has 0 spiro atoms. The van der Waals surface area contributed by atoms with Crippen LogP contribution >= 0.6 is 0 Å². The Morgan fingerprint density at radius 2 is 2.00 bits per heavy atom. The number of likely N-dealkylation sites (N-methyl/N-ethyl adjacent to an activating group) is 1. The van der Waals surface area contributed by atoms with Crippen molar-refractivity contribution in [2.75, 3.05) is 20.7 Å². The Labute approximate surface area is 116 Å². The van der Waals surface area contributed by atoms with Gasteiger partial charge in [-0.05, 0) is 38.6 Å². The summed E-state index contributed by atoms with van der Waals surface area (Å²) in [5.41, 5.74) is 0. The van der Waals surface area contributed by atoms with Crippen LogP contribution in [0.25, 0.3) is 0 Å².